The van der Waals surface area contributed by atoms with Gasteiger partial charge in [-0.05, 0) is 23.8 Å². The van der Waals surface area contributed by atoms with Gasteiger partial charge in [0.2, 0.25) is 5.91 Å². The average Bonchev–Trinajstić information content (AvgIpc) is 2.93. The predicted molar refractivity (Wildman–Crippen MR) is 78.0 cm³/mol. The Hall–Kier alpha value is -2.22. The van der Waals surface area contributed by atoms with E-state index < -0.39 is 23.2 Å². The highest BCUT2D eigenvalue weighted by Gasteiger charge is 2.42. The number of nitrogens with two attached hydrogens (primary N) is 1. The molecule has 1 unspecified atom stereocenters. The van der Waals surface area contributed by atoms with E-state index in [9.17, 15) is 18.0 Å². The number of carbonyl (C=O) groups is 1. The third-order valence-corrected chi connectivity index (χ3v) is 4.41. The second-order valence-corrected chi connectivity index (χ2v) is 5.79. The van der Waals surface area contributed by atoms with Crippen LogP contribution in [0, 0.1) is 0 Å². The molecular formula is C14H10F3N3OS. The molecule has 2 N–H and O–H groups in total. The van der Waals surface area contributed by atoms with Crippen molar-refractivity contribution in [1.82, 2.24) is 4.98 Å². The molecule has 1 aromatic carbocycles. The van der Waals surface area contributed by atoms with E-state index in [0.717, 1.165) is 10.8 Å². The van der Waals surface area contributed by atoms with Gasteiger partial charge in [0.25, 0.3) is 0 Å². The summed E-state index contributed by atoms with van der Waals surface area (Å²) >= 11 is 1.43. The summed E-state index contributed by atoms with van der Waals surface area (Å²) in [6, 6.07) is 5.10. The summed E-state index contributed by atoms with van der Waals surface area (Å²) in [6.07, 6.45) is -2.56. The maximum absolute atomic E-state index is 12.7. The summed E-state index contributed by atoms with van der Waals surface area (Å²) < 4.78 is 38.9. The molecule has 1 aliphatic heterocycles. The SMILES string of the molecule is NC(=O)C1(c2ccc3scnc3c2)C=CC(C(F)(F)F)=NC1. The Bertz CT molecular complexity index is 809. The van der Waals surface area contributed by atoms with Crippen molar-refractivity contribution in [3.05, 3.63) is 41.4 Å². The molecule has 0 spiro atoms. The highest BCUT2D eigenvalue weighted by Crippen LogP contribution is 2.33. The van der Waals surface area contributed by atoms with Gasteiger partial charge in [-0.3, -0.25) is 9.79 Å². The Morgan fingerprint density at radius 3 is 2.73 bits per heavy atom. The Morgan fingerprint density at radius 1 is 1.36 bits per heavy atom. The quantitative estimate of drug-likeness (QED) is 0.922. The number of rotatable bonds is 2. The van der Waals surface area contributed by atoms with Gasteiger partial charge >= 0.3 is 6.18 Å². The molecule has 2 aromatic rings. The number of aliphatic imine (C=N–C) groups is 1. The molecule has 2 heterocycles. The molecule has 0 aliphatic carbocycles. The second-order valence-electron chi connectivity index (χ2n) is 4.90. The Morgan fingerprint density at radius 2 is 2.14 bits per heavy atom. The third-order valence-electron chi connectivity index (χ3n) is 3.60. The van der Waals surface area contributed by atoms with E-state index in [1.807, 2.05) is 0 Å². The summed E-state index contributed by atoms with van der Waals surface area (Å²) in [5, 5.41) is 0. The summed E-state index contributed by atoms with van der Waals surface area (Å²) in [5.74, 6) is -0.747. The zero-order valence-electron chi connectivity index (χ0n) is 11.1. The molecule has 4 nitrogen and oxygen atoms in total. The Balaban J connectivity index is 2.06. The number of benzene rings is 1. The number of amides is 1. The van der Waals surface area contributed by atoms with Gasteiger partial charge in [0.05, 0.1) is 22.3 Å². The minimum absolute atomic E-state index is 0.372. The van der Waals surface area contributed by atoms with Gasteiger partial charge in [-0.1, -0.05) is 12.1 Å². The smallest absolute Gasteiger partial charge is 0.369 e. The number of hydrogen-bond acceptors (Lipinski definition) is 4. The molecule has 1 amide bonds. The average molecular weight is 325 g/mol. The largest absolute Gasteiger partial charge is 0.432 e. The van der Waals surface area contributed by atoms with Crippen LogP contribution in [0.15, 0.2) is 40.9 Å². The summed E-state index contributed by atoms with van der Waals surface area (Å²) in [5.41, 5.74) is 5.86. The maximum Gasteiger partial charge on any atom is 0.432 e. The number of alkyl halides is 3. The molecule has 0 fully saturated rings. The molecule has 22 heavy (non-hydrogen) atoms. The van der Waals surface area contributed by atoms with Crippen LogP contribution in [0.25, 0.3) is 10.2 Å². The molecular weight excluding hydrogens is 315 g/mol. The van der Waals surface area contributed by atoms with Crippen molar-refractivity contribution < 1.29 is 18.0 Å². The highest BCUT2D eigenvalue weighted by molar-refractivity contribution is 7.16. The fourth-order valence-corrected chi connectivity index (χ4v) is 3.00. The normalized spacial score (nSPS) is 21.9. The molecule has 0 saturated heterocycles. The number of fused-ring (bicyclic) bond motifs is 1. The van der Waals surface area contributed by atoms with E-state index >= 15 is 0 Å². The maximum atomic E-state index is 12.7. The van der Waals surface area contributed by atoms with Crippen LogP contribution >= 0.6 is 11.3 Å². The van der Waals surface area contributed by atoms with E-state index in [2.05, 4.69) is 9.98 Å². The lowest BCUT2D eigenvalue weighted by Crippen LogP contribution is -2.45. The molecule has 0 bridgehead atoms. The van der Waals surface area contributed by atoms with Crippen molar-refractivity contribution in [2.24, 2.45) is 10.7 Å². The van der Waals surface area contributed by atoms with Crippen molar-refractivity contribution in [2.45, 2.75) is 11.6 Å². The molecule has 1 atom stereocenters. The third kappa shape index (κ3) is 2.29. The van der Waals surface area contributed by atoms with Crippen LogP contribution in [-0.2, 0) is 10.2 Å². The van der Waals surface area contributed by atoms with E-state index in [4.69, 9.17) is 5.73 Å². The topological polar surface area (TPSA) is 68.3 Å². The second kappa shape index (κ2) is 4.91. The first-order valence-electron chi connectivity index (χ1n) is 6.27. The number of thiazole rings is 1. The van der Waals surface area contributed by atoms with Crippen LogP contribution in [0.1, 0.15) is 5.56 Å². The molecule has 0 radical (unpaired) electrons. The lowest BCUT2D eigenvalue weighted by molar-refractivity contribution is -0.121. The van der Waals surface area contributed by atoms with Crippen LogP contribution in [0.3, 0.4) is 0 Å². The van der Waals surface area contributed by atoms with E-state index in [-0.39, 0.29) is 6.54 Å². The van der Waals surface area contributed by atoms with Gasteiger partial charge < -0.3 is 5.73 Å². The minimum atomic E-state index is -4.54. The van der Waals surface area contributed by atoms with Gasteiger partial charge in [-0.25, -0.2) is 4.98 Å². The number of dihydropyridines is 1. The summed E-state index contributed by atoms with van der Waals surface area (Å²) in [7, 11) is 0. The van der Waals surface area contributed by atoms with Gasteiger partial charge in [-0.2, -0.15) is 13.2 Å². The van der Waals surface area contributed by atoms with Crippen LogP contribution < -0.4 is 5.73 Å². The summed E-state index contributed by atoms with van der Waals surface area (Å²) in [4.78, 5) is 19.6. The van der Waals surface area contributed by atoms with Crippen molar-refractivity contribution >= 4 is 33.2 Å². The molecule has 114 valence electrons. The Kier molecular flexibility index (Phi) is 3.28. The van der Waals surface area contributed by atoms with Gasteiger partial charge in [0, 0.05) is 0 Å². The fraction of sp³-hybridized carbons (Fsp3) is 0.214. The van der Waals surface area contributed by atoms with Gasteiger partial charge in [-0.15, -0.1) is 11.3 Å². The Labute approximate surface area is 127 Å². The number of primary amides is 1. The number of hydrogen-bond donors (Lipinski definition) is 1. The zero-order valence-corrected chi connectivity index (χ0v) is 11.9. The van der Waals surface area contributed by atoms with Gasteiger partial charge in [0.1, 0.15) is 11.1 Å². The number of halogens is 3. The molecule has 1 aliphatic rings. The number of aromatic nitrogens is 1. The van der Waals surface area contributed by atoms with Crippen LogP contribution in [0.5, 0.6) is 0 Å². The van der Waals surface area contributed by atoms with Crippen molar-refractivity contribution in [3.63, 3.8) is 0 Å². The lowest BCUT2D eigenvalue weighted by Gasteiger charge is -2.29. The standard InChI is InChI=1S/C14H10F3N3OS/c15-14(16,17)11-3-4-13(6-19-11,12(18)21)8-1-2-10-9(5-8)20-7-22-10/h1-5,7H,6H2,(H2,18,21). The van der Waals surface area contributed by atoms with Crippen LogP contribution in [0.4, 0.5) is 13.2 Å². The monoisotopic (exact) mass is 325 g/mol. The minimum Gasteiger partial charge on any atom is -0.369 e. The van der Waals surface area contributed by atoms with E-state index in [1.54, 1.807) is 23.7 Å². The number of allylic oxidation sites excluding steroid dienone is 1. The number of nitrogens with zero attached hydrogens (tertiary/aromatic N) is 2. The van der Waals surface area contributed by atoms with Gasteiger partial charge in [0.15, 0.2) is 0 Å². The van der Waals surface area contributed by atoms with Crippen LogP contribution in [-0.4, -0.2) is 29.3 Å². The first kappa shape index (κ1) is 14.7. The fourth-order valence-electron chi connectivity index (χ4n) is 2.35. The summed E-state index contributed by atoms with van der Waals surface area (Å²) in [6.45, 7) is -0.372. The highest BCUT2D eigenvalue weighted by atomic mass is 32.1. The molecule has 0 saturated carbocycles. The molecule has 1 aromatic heterocycles. The van der Waals surface area contributed by atoms with Crippen molar-refractivity contribution in [3.8, 4) is 0 Å². The van der Waals surface area contributed by atoms with Crippen molar-refractivity contribution in [2.75, 3.05) is 6.54 Å². The van der Waals surface area contributed by atoms with E-state index in [0.29, 0.717) is 11.1 Å². The molecule has 8 heteroatoms. The zero-order chi connectivity index (χ0) is 16.0. The van der Waals surface area contributed by atoms with Crippen LogP contribution in [0.2, 0.25) is 0 Å². The lowest BCUT2D eigenvalue weighted by atomic mass is 9.78. The first-order chi connectivity index (χ1) is 10.3. The number of carbonyl (C=O) groups excluding carboxylic acids is 1. The first-order valence-corrected chi connectivity index (χ1v) is 7.15. The van der Waals surface area contributed by atoms with Crippen molar-refractivity contribution in [1.29, 1.82) is 0 Å². The predicted octanol–water partition coefficient (Wildman–Crippen LogP) is 2.59. The molecule has 3 rings (SSSR count). The van der Waals surface area contributed by atoms with E-state index in [1.165, 1.54) is 17.4 Å².